The van der Waals surface area contributed by atoms with E-state index in [0.717, 1.165) is 37.4 Å². The van der Waals surface area contributed by atoms with Crippen LogP contribution in [0.2, 0.25) is 0 Å². The molecule has 3 aromatic rings. The number of nitrogens with zero attached hydrogens (tertiary/aromatic N) is 4. The number of hydrazine groups is 1. The van der Waals surface area contributed by atoms with Crippen LogP contribution in [0.5, 0.6) is 0 Å². The molecule has 2 heterocycles. The molecule has 0 unspecified atom stereocenters. The van der Waals surface area contributed by atoms with Gasteiger partial charge in [-0.05, 0) is 19.2 Å². The zero-order valence-electron chi connectivity index (χ0n) is 15.4. The molecule has 2 aromatic carbocycles. The number of aromatic nitrogens is 2. The highest BCUT2D eigenvalue weighted by molar-refractivity contribution is 5.99. The second kappa shape index (κ2) is 7.73. The average molecular weight is 361 g/mol. The Morgan fingerprint density at radius 2 is 1.56 bits per heavy atom. The molecule has 0 saturated carbocycles. The van der Waals surface area contributed by atoms with E-state index in [1.807, 2.05) is 71.9 Å². The summed E-state index contributed by atoms with van der Waals surface area (Å²) in [4.78, 5) is 15.3. The number of carbonyl (C=O) groups is 1. The van der Waals surface area contributed by atoms with Gasteiger partial charge in [-0.15, -0.1) is 0 Å². The van der Waals surface area contributed by atoms with Crippen molar-refractivity contribution in [2.75, 3.05) is 33.2 Å². The molecule has 138 valence electrons. The van der Waals surface area contributed by atoms with Gasteiger partial charge in [-0.2, -0.15) is 5.10 Å². The standard InChI is InChI=1S/C21H23N5O/c1-24-12-14-25(15-13-24)23-21(27)19-16-26(18-10-6-3-7-11-18)22-20(19)17-8-4-2-5-9-17/h2-11,16H,12-15H2,1H3,(H,23,27). The van der Waals surface area contributed by atoms with Crippen molar-refractivity contribution in [3.8, 4) is 16.9 Å². The lowest BCUT2D eigenvalue weighted by Gasteiger charge is -2.32. The van der Waals surface area contributed by atoms with Crippen molar-refractivity contribution >= 4 is 5.91 Å². The first kappa shape index (κ1) is 17.5. The van der Waals surface area contributed by atoms with Gasteiger partial charge in [0.1, 0.15) is 5.69 Å². The number of hydrogen-bond donors (Lipinski definition) is 1. The molecule has 1 aliphatic rings. The number of likely N-dealkylation sites (N-methyl/N-ethyl adjacent to an activating group) is 1. The fourth-order valence-electron chi connectivity index (χ4n) is 3.18. The maximum atomic E-state index is 13.0. The van der Waals surface area contributed by atoms with Gasteiger partial charge in [0, 0.05) is 37.9 Å². The van der Waals surface area contributed by atoms with E-state index in [-0.39, 0.29) is 5.91 Å². The van der Waals surface area contributed by atoms with Gasteiger partial charge in [0.25, 0.3) is 5.91 Å². The highest BCUT2D eigenvalue weighted by atomic mass is 16.2. The van der Waals surface area contributed by atoms with Gasteiger partial charge in [-0.3, -0.25) is 10.2 Å². The molecule has 1 saturated heterocycles. The van der Waals surface area contributed by atoms with Crippen molar-refractivity contribution in [2.24, 2.45) is 0 Å². The second-order valence-corrected chi connectivity index (χ2v) is 6.77. The second-order valence-electron chi connectivity index (χ2n) is 6.77. The molecule has 27 heavy (non-hydrogen) atoms. The van der Waals surface area contributed by atoms with Crippen LogP contribution in [-0.2, 0) is 0 Å². The van der Waals surface area contributed by atoms with Crippen LogP contribution in [0.25, 0.3) is 16.9 Å². The Kier molecular flexibility index (Phi) is 5.00. The summed E-state index contributed by atoms with van der Waals surface area (Å²) < 4.78 is 1.77. The molecular formula is C21H23N5O. The first-order valence-corrected chi connectivity index (χ1v) is 9.16. The summed E-state index contributed by atoms with van der Waals surface area (Å²) in [6.07, 6.45) is 1.81. The number of rotatable bonds is 4. The van der Waals surface area contributed by atoms with Gasteiger partial charge >= 0.3 is 0 Å². The highest BCUT2D eigenvalue weighted by Gasteiger charge is 2.22. The molecule has 6 nitrogen and oxygen atoms in total. The van der Waals surface area contributed by atoms with Crippen molar-refractivity contribution in [3.05, 3.63) is 72.4 Å². The maximum absolute atomic E-state index is 13.0. The summed E-state index contributed by atoms with van der Waals surface area (Å²) >= 11 is 0. The van der Waals surface area contributed by atoms with Gasteiger partial charge in [0.05, 0.1) is 11.3 Å². The van der Waals surface area contributed by atoms with E-state index < -0.39 is 0 Å². The summed E-state index contributed by atoms with van der Waals surface area (Å²) in [5.41, 5.74) is 6.16. The number of amides is 1. The van der Waals surface area contributed by atoms with Crippen molar-refractivity contribution < 1.29 is 4.79 Å². The minimum Gasteiger partial charge on any atom is -0.304 e. The lowest BCUT2D eigenvalue weighted by atomic mass is 10.1. The number of nitrogens with one attached hydrogen (secondary N) is 1. The van der Waals surface area contributed by atoms with Crippen LogP contribution in [0.4, 0.5) is 0 Å². The maximum Gasteiger partial charge on any atom is 0.269 e. The van der Waals surface area contributed by atoms with E-state index in [9.17, 15) is 4.79 Å². The number of hydrogen-bond acceptors (Lipinski definition) is 4. The Morgan fingerprint density at radius 1 is 0.926 bits per heavy atom. The van der Waals surface area contributed by atoms with Crippen LogP contribution >= 0.6 is 0 Å². The quantitative estimate of drug-likeness (QED) is 0.776. The third kappa shape index (κ3) is 3.92. The van der Waals surface area contributed by atoms with Gasteiger partial charge in [-0.1, -0.05) is 48.5 Å². The Labute approximate surface area is 159 Å². The number of para-hydroxylation sites is 1. The van der Waals surface area contributed by atoms with Crippen LogP contribution in [0.15, 0.2) is 66.9 Å². The molecule has 0 atom stereocenters. The Hall–Kier alpha value is -2.96. The molecule has 1 amide bonds. The minimum absolute atomic E-state index is 0.124. The van der Waals surface area contributed by atoms with Crippen LogP contribution in [0, 0.1) is 0 Å². The van der Waals surface area contributed by atoms with E-state index in [2.05, 4.69) is 17.4 Å². The van der Waals surface area contributed by atoms with E-state index in [1.165, 1.54) is 0 Å². The minimum atomic E-state index is -0.124. The lowest BCUT2D eigenvalue weighted by molar-refractivity contribution is 0.0663. The molecule has 0 aliphatic carbocycles. The zero-order chi connectivity index (χ0) is 18.6. The van der Waals surface area contributed by atoms with Gasteiger partial charge in [0.2, 0.25) is 0 Å². The van der Waals surface area contributed by atoms with Crippen LogP contribution < -0.4 is 5.43 Å². The van der Waals surface area contributed by atoms with Crippen LogP contribution in [0.3, 0.4) is 0 Å². The largest absolute Gasteiger partial charge is 0.304 e. The highest BCUT2D eigenvalue weighted by Crippen LogP contribution is 2.23. The summed E-state index contributed by atoms with van der Waals surface area (Å²) in [6.45, 7) is 3.51. The normalized spacial score (nSPS) is 15.6. The molecule has 1 N–H and O–H groups in total. The lowest BCUT2D eigenvalue weighted by Crippen LogP contribution is -2.52. The van der Waals surface area contributed by atoms with E-state index in [4.69, 9.17) is 5.10 Å². The molecule has 1 aromatic heterocycles. The van der Waals surface area contributed by atoms with Gasteiger partial charge in [-0.25, -0.2) is 9.69 Å². The van der Waals surface area contributed by atoms with E-state index >= 15 is 0 Å². The number of carbonyl (C=O) groups excluding carboxylic acids is 1. The molecule has 0 bridgehead atoms. The zero-order valence-corrected chi connectivity index (χ0v) is 15.4. The molecule has 6 heteroatoms. The van der Waals surface area contributed by atoms with Crippen molar-refractivity contribution in [1.29, 1.82) is 0 Å². The van der Waals surface area contributed by atoms with E-state index in [1.54, 1.807) is 4.68 Å². The Bertz CT molecular complexity index is 899. The SMILES string of the molecule is CN1CCN(NC(=O)c2cn(-c3ccccc3)nc2-c2ccccc2)CC1. The van der Waals surface area contributed by atoms with Crippen LogP contribution in [-0.4, -0.2) is 58.8 Å². The number of piperazine rings is 1. The van der Waals surface area contributed by atoms with Gasteiger partial charge < -0.3 is 4.90 Å². The summed E-state index contributed by atoms with van der Waals surface area (Å²) in [5.74, 6) is -0.124. The summed E-state index contributed by atoms with van der Waals surface area (Å²) in [7, 11) is 2.09. The van der Waals surface area contributed by atoms with E-state index in [0.29, 0.717) is 11.3 Å². The molecule has 1 aliphatic heterocycles. The smallest absolute Gasteiger partial charge is 0.269 e. The summed E-state index contributed by atoms with van der Waals surface area (Å²) in [6, 6.07) is 19.7. The monoisotopic (exact) mass is 361 g/mol. The number of benzene rings is 2. The summed E-state index contributed by atoms with van der Waals surface area (Å²) in [5, 5.41) is 6.69. The molecule has 0 spiro atoms. The van der Waals surface area contributed by atoms with Crippen molar-refractivity contribution in [2.45, 2.75) is 0 Å². The van der Waals surface area contributed by atoms with Crippen LogP contribution in [0.1, 0.15) is 10.4 Å². The first-order valence-electron chi connectivity index (χ1n) is 9.16. The third-order valence-electron chi connectivity index (χ3n) is 4.79. The molecule has 0 radical (unpaired) electrons. The fourth-order valence-corrected chi connectivity index (χ4v) is 3.18. The first-order chi connectivity index (χ1) is 13.2. The topological polar surface area (TPSA) is 53.4 Å². The molecular weight excluding hydrogens is 338 g/mol. The van der Waals surface area contributed by atoms with Gasteiger partial charge in [0.15, 0.2) is 0 Å². The van der Waals surface area contributed by atoms with Crippen molar-refractivity contribution in [3.63, 3.8) is 0 Å². The molecule has 1 fully saturated rings. The predicted octanol–water partition coefficient (Wildman–Crippen LogP) is 2.43. The average Bonchev–Trinajstić information content (AvgIpc) is 3.17. The fraction of sp³-hybridized carbons (Fsp3) is 0.238. The van der Waals surface area contributed by atoms with Crippen molar-refractivity contribution in [1.82, 2.24) is 25.1 Å². The Balaban J connectivity index is 1.65. The third-order valence-corrected chi connectivity index (χ3v) is 4.79. The molecule has 4 rings (SSSR count). The Morgan fingerprint density at radius 3 is 2.22 bits per heavy atom. The predicted molar refractivity (Wildman–Crippen MR) is 106 cm³/mol.